The van der Waals surface area contributed by atoms with E-state index in [9.17, 15) is 4.79 Å². The van der Waals surface area contributed by atoms with Gasteiger partial charge in [-0.25, -0.2) is 0 Å². The van der Waals surface area contributed by atoms with Gasteiger partial charge in [0.25, 0.3) is 0 Å². The summed E-state index contributed by atoms with van der Waals surface area (Å²) in [5.74, 6) is 1.74. The third-order valence-corrected chi connectivity index (χ3v) is 4.45. The average molecular weight is 371 g/mol. The molecule has 1 fully saturated rings. The van der Waals surface area contributed by atoms with E-state index in [-0.39, 0.29) is 18.3 Å². The largest absolute Gasteiger partial charge is 0.497 e. The van der Waals surface area contributed by atoms with E-state index in [0.717, 1.165) is 37.2 Å². The number of amides is 1. The van der Waals surface area contributed by atoms with Crippen LogP contribution in [0.15, 0.2) is 24.3 Å². The molecule has 25 heavy (non-hydrogen) atoms. The summed E-state index contributed by atoms with van der Waals surface area (Å²) >= 11 is 0. The molecule has 0 aromatic heterocycles. The Morgan fingerprint density at radius 1 is 1.24 bits per heavy atom. The molecule has 1 aliphatic rings. The number of hydrogen-bond acceptors (Lipinski definition) is 4. The minimum atomic E-state index is 0. The number of ether oxygens (including phenoxy) is 2. The van der Waals surface area contributed by atoms with Gasteiger partial charge in [-0.15, -0.1) is 12.4 Å². The van der Waals surface area contributed by atoms with E-state index in [2.05, 4.69) is 10.6 Å². The lowest BCUT2D eigenvalue weighted by molar-refractivity contribution is -0.121. The van der Waals surface area contributed by atoms with Crippen LogP contribution in [-0.2, 0) is 16.1 Å². The van der Waals surface area contributed by atoms with E-state index in [1.165, 1.54) is 12.8 Å². The highest BCUT2D eigenvalue weighted by molar-refractivity contribution is 5.85. The van der Waals surface area contributed by atoms with Crippen LogP contribution < -0.4 is 15.4 Å². The fourth-order valence-corrected chi connectivity index (χ4v) is 2.91. The number of halogens is 1. The molecular formula is C19H31ClN2O3. The number of methoxy groups -OCH3 is 1. The average Bonchev–Trinajstić information content (AvgIpc) is 2.64. The van der Waals surface area contributed by atoms with Crippen LogP contribution >= 0.6 is 12.4 Å². The highest BCUT2D eigenvalue weighted by atomic mass is 35.5. The Kier molecular flexibility index (Phi) is 11.3. The zero-order valence-electron chi connectivity index (χ0n) is 15.1. The van der Waals surface area contributed by atoms with Gasteiger partial charge in [0, 0.05) is 19.6 Å². The Balaban J connectivity index is 0.00000312. The first-order chi connectivity index (χ1) is 11.8. The summed E-state index contributed by atoms with van der Waals surface area (Å²) in [6, 6.07) is 7.87. The molecule has 0 saturated carbocycles. The second-order valence-corrected chi connectivity index (χ2v) is 6.34. The molecule has 1 saturated heterocycles. The van der Waals surface area contributed by atoms with E-state index >= 15 is 0 Å². The third-order valence-electron chi connectivity index (χ3n) is 4.45. The molecule has 0 atom stereocenters. The summed E-state index contributed by atoms with van der Waals surface area (Å²) in [5, 5.41) is 6.34. The predicted molar refractivity (Wildman–Crippen MR) is 102 cm³/mol. The first-order valence-corrected chi connectivity index (χ1v) is 8.96. The van der Waals surface area contributed by atoms with Crippen molar-refractivity contribution in [1.29, 1.82) is 0 Å². The molecule has 0 radical (unpaired) electrons. The van der Waals surface area contributed by atoms with E-state index in [1.807, 2.05) is 24.3 Å². The summed E-state index contributed by atoms with van der Waals surface area (Å²) in [6.45, 7) is 4.12. The molecule has 1 aliphatic heterocycles. The minimum Gasteiger partial charge on any atom is -0.497 e. The predicted octanol–water partition coefficient (Wildman–Crippen LogP) is 2.92. The molecule has 2 rings (SSSR count). The minimum absolute atomic E-state index is 0. The molecule has 0 bridgehead atoms. The van der Waals surface area contributed by atoms with Gasteiger partial charge in [-0.1, -0.05) is 12.1 Å². The fraction of sp³-hybridized carbons (Fsp3) is 0.632. The highest BCUT2D eigenvalue weighted by Crippen LogP contribution is 2.17. The van der Waals surface area contributed by atoms with Crippen LogP contribution in [-0.4, -0.2) is 39.3 Å². The van der Waals surface area contributed by atoms with Crippen molar-refractivity contribution in [1.82, 2.24) is 10.6 Å². The zero-order valence-corrected chi connectivity index (χ0v) is 15.9. The number of piperidine rings is 1. The molecule has 5 nitrogen and oxygen atoms in total. The molecular weight excluding hydrogens is 340 g/mol. The smallest absolute Gasteiger partial charge is 0.220 e. The topological polar surface area (TPSA) is 59.6 Å². The van der Waals surface area contributed by atoms with Gasteiger partial charge in [0.05, 0.1) is 13.7 Å². The summed E-state index contributed by atoms with van der Waals surface area (Å²) in [7, 11) is 1.66. The quantitative estimate of drug-likeness (QED) is 0.622. The molecule has 1 aromatic carbocycles. The fourth-order valence-electron chi connectivity index (χ4n) is 2.91. The Hall–Kier alpha value is -1.30. The second kappa shape index (κ2) is 13.0. The van der Waals surface area contributed by atoms with E-state index in [0.29, 0.717) is 32.1 Å². The second-order valence-electron chi connectivity index (χ2n) is 6.34. The Morgan fingerprint density at radius 2 is 1.96 bits per heavy atom. The van der Waals surface area contributed by atoms with Crippen molar-refractivity contribution in [3.63, 3.8) is 0 Å². The van der Waals surface area contributed by atoms with E-state index in [1.54, 1.807) is 7.11 Å². The molecule has 6 heteroatoms. The lowest BCUT2D eigenvalue weighted by atomic mass is 9.93. The van der Waals surface area contributed by atoms with Crippen LogP contribution in [0.4, 0.5) is 0 Å². The number of hydrogen-bond donors (Lipinski definition) is 2. The maximum absolute atomic E-state index is 11.8. The van der Waals surface area contributed by atoms with Gasteiger partial charge < -0.3 is 20.1 Å². The molecule has 0 spiro atoms. The number of rotatable bonds is 10. The Labute approximate surface area is 157 Å². The highest BCUT2D eigenvalue weighted by Gasteiger charge is 2.14. The van der Waals surface area contributed by atoms with Crippen LogP contribution in [0.5, 0.6) is 5.75 Å². The summed E-state index contributed by atoms with van der Waals surface area (Å²) < 4.78 is 10.8. The summed E-state index contributed by atoms with van der Waals surface area (Å²) in [6.07, 6.45) is 4.91. The first kappa shape index (κ1) is 21.7. The van der Waals surface area contributed by atoms with Crippen molar-refractivity contribution in [2.75, 3.05) is 33.4 Å². The van der Waals surface area contributed by atoms with Gasteiger partial charge in [-0.3, -0.25) is 4.79 Å². The maximum Gasteiger partial charge on any atom is 0.220 e. The van der Waals surface area contributed by atoms with Crippen molar-refractivity contribution in [2.24, 2.45) is 5.92 Å². The number of nitrogens with one attached hydrogen (secondary N) is 2. The van der Waals surface area contributed by atoms with Crippen LogP contribution in [0, 0.1) is 5.92 Å². The molecule has 0 aliphatic carbocycles. The normalized spacial score (nSPS) is 14.6. The van der Waals surface area contributed by atoms with Gasteiger partial charge in [0.1, 0.15) is 5.75 Å². The van der Waals surface area contributed by atoms with E-state index in [4.69, 9.17) is 9.47 Å². The molecule has 142 valence electrons. The SMILES string of the molecule is COc1ccc(COCCCNC(=O)CCC2CCNCC2)cc1.Cl. The van der Waals surface area contributed by atoms with Gasteiger partial charge in [0.2, 0.25) is 5.91 Å². The lowest BCUT2D eigenvalue weighted by Crippen LogP contribution is -2.29. The number of carbonyl (C=O) groups is 1. The third kappa shape index (κ3) is 9.10. The molecule has 1 heterocycles. The molecule has 1 amide bonds. The van der Waals surface area contributed by atoms with Crippen molar-refractivity contribution in [3.8, 4) is 5.75 Å². The Bertz CT molecular complexity index is 476. The Morgan fingerprint density at radius 3 is 2.64 bits per heavy atom. The van der Waals surface area contributed by atoms with E-state index < -0.39 is 0 Å². The van der Waals surface area contributed by atoms with Crippen LogP contribution in [0.2, 0.25) is 0 Å². The monoisotopic (exact) mass is 370 g/mol. The molecule has 1 aromatic rings. The van der Waals surface area contributed by atoms with Crippen molar-refractivity contribution >= 4 is 18.3 Å². The summed E-state index contributed by atoms with van der Waals surface area (Å²) in [5.41, 5.74) is 1.13. The molecule has 0 unspecified atom stereocenters. The van der Waals surface area contributed by atoms with Crippen LogP contribution in [0.3, 0.4) is 0 Å². The van der Waals surface area contributed by atoms with Crippen molar-refractivity contribution in [3.05, 3.63) is 29.8 Å². The standard InChI is InChI=1S/C19H30N2O3.ClH/c1-23-18-6-3-17(4-7-18)15-24-14-2-11-21-19(22)8-5-16-9-12-20-13-10-16;/h3-4,6-7,16,20H,2,5,8-15H2,1H3,(H,21,22);1H. The van der Waals surface area contributed by atoms with Crippen LogP contribution in [0.1, 0.15) is 37.7 Å². The molecule has 2 N–H and O–H groups in total. The zero-order chi connectivity index (χ0) is 17.0. The van der Waals surface area contributed by atoms with Crippen molar-refractivity contribution < 1.29 is 14.3 Å². The van der Waals surface area contributed by atoms with Crippen LogP contribution in [0.25, 0.3) is 0 Å². The van der Waals surface area contributed by atoms with Gasteiger partial charge in [0.15, 0.2) is 0 Å². The number of carbonyl (C=O) groups excluding carboxylic acids is 1. The van der Waals surface area contributed by atoms with Gasteiger partial charge in [-0.05, 0) is 62.4 Å². The maximum atomic E-state index is 11.8. The number of benzene rings is 1. The first-order valence-electron chi connectivity index (χ1n) is 8.96. The van der Waals surface area contributed by atoms with Crippen molar-refractivity contribution in [2.45, 2.75) is 38.7 Å². The van der Waals surface area contributed by atoms with Gasteiger partial charge in [-0.2, -0.15) is 0 Å². The lowest BCUT2D eigenvalue weighted by Gasteiger charge is -2.22. The van der Waals surface area contributed by atoms with Gasteiger partial charge >= 0.3 is 0 Å². The summed E-state index contributed by atoms with van der Waals surface area (Å²) in [4.78, 5) is 11.8.